The van der Waals surface area contributed by atoms with Gasteiger partial charge in [-0.2, -0.15) is 0 Å². The van der Waals surface area contributed by atoms with Gasteiger partial charge in [0.1, 0.15) is 6.79 Å². The number of hydrogen-bond acceptors (Lipinski definition) is 5. The lowest BCUT2D eigenvalue weighted by Gasteiger charge is -2.28. The summed E-state index contributed by atoms with van der Waals surface area (Å²) in [6, 6.07) is 25.2. The Morgan fingerprint density at radius 1 is 0.971 bits per heavy atom. The van der Waals surface area contributed by atoms with E-state index in [0.717, 1.165) is 22.3 Å². The molecule has 0 amide bonds. The van der Waals surface area contributed by atoms with Gasteiger partial charge in [-0.05, 0) is 47.7 Å². The molecule has 0 aliphatic heterocycles. The smallest absolute Gasteiger partial charge is 0.337 e. The van der Waals surface area contributed by atoms with E-state index in [-0.39, 0.29) is 12.7 Å². The van der Waals surface area contributed by atoms with Crippen LogP contribution in [-0.2, 0) is 26.4 Å². The molecule has 34 heavy (non-hydrogen) atoms. The molecular weight excluding hydrogens is 428 g/mol. The molecule has 1 N–H and O–H groups in total. The maximum Gasteiger partial charge on any atom is 0.337 e. The summed E-state index contributed by atoms with van der Waals surface area (Å²) in [5.41, 5.74) is 3.37. The van der Waals surface area contributed by atoms with Crippen LogP contribution in [0, 0.1) is 0 Å². The van der Waals surface area contributed by atoms with E-state index in [1.807, 2.05) is 42.5 Å². The zero-order chi connectivity index (χ0) is 24.4. The van der Waals surface area contributed by atoms with Gasteiger partial charge in [0.15, 0.2) is 0 Å². The van der Waals surface area contributed by atoms with E-state index < -0.39 is 11.6 Å². The largest absolute Gasteiger partial charge is 0.465 e. The first-order valence-electron chi connectivity index (χ1n) is 11.2. The molecule has 178 valence electrons. The highest BCUT2D eigenvalue weighted by atomic mass is 16.7. The lowest BCUT2D eigenvalue weighted by atomic mass is 9.82. The summed E-state index contributed by atoms with van der Waals surface area (Å²) in [6.45, 7) is 2.58. The van der Waals surface area contributed by atoms with Crippen LogP contribution in [0.2, 0.25) is 0 Å². The minimum atomic E-state index is -1.10. The van der Waals surface area contributed by atoms with Gasteiger partial charge in [0, 0.05) is 13.0 Å². The van der Waals surface area contributed by atoms with Gasteiger partial charge in [-0.25, -0.2) is 4.79 Å². The molecule has 0 spiro atoms. The first-order valence-corrected chi connectivity index (χ1v) is 11.2. The van der Waals surface area contributed by atoms with Crippen molar-refractivity contribution in [1.82, 2.24) is 0 Å². The third-order valence-corrected chi connectivity index (χ3v) is 5.74. The van der Waals surface area contributed by atoms with Crippen LogP contribution >= 0.6 is 0 Å². The van der Waals surface area contributed by atoms with Crippen molar-refractivity contribution >= 4 is 12.0 Å². The van der Waals surface area contributed by atoms with E-state index in [0.29, 0.717) is 18.6 Å². The second kappa shape index (κ2) is 12.3. The molecule has 2 atom stereocenters. The Morgan fingerprint density at radius 3 is 2.26 bits per heavy atom. The molecule has 0 aliphatic rings. The summed E-state index contributed by atoms with van der Waals surface area (Å²) >= 11 is 0. The molecule has 5 nitrogen and oxygen atoms in total. The number of aliphatic hydroxyl groups is 1. The first kappa shape index (κ1) is 25.4. The van der Waals surface area contributed by atoms with Crippen LogP contribution in [0.15, 0.2) is 84.9 Å². The predicted octanol–water partition coefficient (Wildman–Crippen LogP) is 5.69. The SMILES string of the molecule is COCOCc1ccc(/C=C/[C@H](C[C@](C)(O)c2ccc(C(=O)OC)cc2)c2ccccc2)cc1. The molecule has 3 rings (SSSR count). The van der Waals surface area contributed by atoms with Gasteiger partial charge in [-0.1, -0.05) is 78.9 Å². The molecule has 0 bridgehead atoms. The van der Waals surface area contributed by atoms with Gasteiger partial charge in [0.05, 0.1) is 24.9 Å². The fraction of sp³-hybridized carbons (Fsp3) is 0.276. The maximum absolute atomic E-state index is 11.7. The number of methoxy groups -OCH3 is 2. The van der Waals surface area contributed by atoms with Crippen LogP contribution in [0.25, 0.3) is 6.08 Å². The average Bonchev–Trinajstić information content (AvgIpc) is 2.87. The van der Waals surface area contributed by atoms with Crippen molar-refractivity contribution < 1.29 is 24.1 Å². The van der Waals surface area contributed by atoms with Crippen molar-refractivity contribution in [3.63, 3.8) is 0 Å². The highest BCUT2D eigenvalue weighted by molar-refractivity contribution is 5.89. The Morgan fingerprint density at radius 2 is 1.65 bits per heavy atom. The third-order valence-electron chi connectivity index (χ3n) is 5.74. The number of benzene rings is 3. The average molecular weight is 461 g/mol. The van der Waals surface area contributed by atoms with Crippen LogP contribution in [0.4, 0.5) is 0 Å². The van der Waals surface area contributed by atoms with Gasteiger partial charge in [0.2, 0.25) is 0 Å². The van der Waals surface area contributed by atoms with Crippen molar-refractivity contribution in [2.24, 2.45) is 0 Å². The minimum absolute atomic E-state index is 0.0128. The van der Waals surface area contributed by atoms with E-state index in [9.17, 15) is 9.90 Å². The van der Waals surface area contributed by atoms with Crippen molar-refractivity contribution in [2.75, 3.05) is 21.0 Å². The van der Waals surface area contributed by atoms with Crippen molar-refractivity contribution in [3.8, 4) is 0 Å². The van der Waals surface area contributed by atoms with E-state index in [1.165, 1.54) is 7.11 Å². The molecule has 3 aromatic rings. The number of carbonyl (C=O) groups is 1. The third kappa shape index (κ3) is 7.12. The topological polar surface area (TPSA) is 65.0 Å². The quantitative estimate of drug-likeness (QED) is 0.226. The second-order valence-electron chi connectivity index (χ2n) is 8.42. The zero-order valence-corrected chi connectivity index (χ0v) is 19.9. The highest BCUT2D eigenvalue weighted by Crippen LogP contribution is 2.34. The van der Waals surface area contributed by atoms with E-state index in [4.69, 9.17) is 14.2 Å². The molecular formula is C29H32O5. The molecule has 0 aliphatic carbocycles. The molecule has 0 radical (unpaired) electrons. The van der Waals surface area contributed by atoms with Gasteiger partial charge in [-0.3, -0.25) is 0 Å². The fourth-order valence-corrected chi connectivity index (χ4v) is 3.82. The van der Waals surface area contributed by atoms with Crippen LogP contribution < -0.4 is 0 Å². The number of allylic oxidation sites excluding steroid dienone is 1. The molecule has 3 aromatic carbocycles. The van der Waals surface area contributed by atoms with Crippen LogP contribution in [0.1, 0.15) is 51.9 Å². The van der Waals surface area contributed by atoms with Gasteiger partial charge < -0.3 is 19.3 Å². The van der Waals surface area contributed by atoms with E-state index in [1.54, 1.807) is 38.3 Å². The fourth-order valence-electron chi connectivity index (χ4n) is 3.82. The number of hydrogen-bond donors (Lipinski definition) is 1. The summed E-state index contributed by atoms with van der Waals surface area (Å²) < 4.78 is 15.1. The molecule has 0 aromatic heterocycles. The van der Waals surface area contributed by atoms with Crippen molar-refractivity contribution in [3.05, 3.63) is 113 Å². The summed E-state index contributed by atoms with van der Waals surface area (Å²) in [5.74, 6) is -0.409. The molecule has 0 unspecified atom stereocenters. The number of ether oxygens (including phenoxy) is 3. The Labute approximate surface area is 201 Å². The summed E-state index contributed by atoms with van der Waals surface area (Å²) in [5, 5.41) is 11.4. The summed E-state index contributed by atoms with van der Waals surface area (Å²) in [7, 11) is 2.96. The highest BCUT2D eigenvalue weighted by Gasteiger charge is 2.27. The summed E-state index contributed by atoms with van der Waals surface area (Å²) in [4.78, 5) is 11.7. The Hall–Kier alpha value is -3.25. The van der Waals surface area contributed by atoms with Crippen molar-refractivity contribution in [2.45, 2.75) is 31.5 Å². The predicted molar refractivity (Wildman–Crippen MR) is 133 cm³/mol. The minimum Gasteiger partial charge on any atom is -0.465 e. The van der Waals surface area contributed by atoms with Crippen molar-refractivity contribution in [1.29, 1.82) is 0 Å². The number of esters is 1. The molecule has 0 heterocycles. The molecule has 0 saturated heterocycles. The number of carbonyl (C=O) groups excluding carboxylic acids is 1. The van der Waals surface area contributed by atoms with Gasteiger partial charge in [-0.15, -0.1) is 0 Å². The van der Waals surface area contributed by atoms with E-state index >= 15 is 0 Å². The van der Waals surface area contributed by atoms with Gasteiger partial charge >= 0.3 is 5.97 Å². The van der Waals surface area contributed by atoms with Crippen LogP contribution in [0.3, 0.4) is 0 Å². The molecule has 0 fully saturated rings. The Bertz CT molecular complexity index is 1050. The molecule has 5 heteroatoms. The normalized spacial score (nSPS) is 14.0. The Balaban J connectivity index is 1.78. The van der Waals surface area contributed by atoms with Gasteiger partial charge in [0.25, 0.3) is 0 Å². The first-order chi connectivity index (χ1) is 16.4. The molecule has 0 saturated carbocycles. The second-order valence-corrected chi connectivity index (χ2v) is 8.42. The Kier molecular flexibility index (Phi) is 9.16. The lowest BCUT2D eigenvalue weighted by molar-refractivity contribution is -0.0390. The monoisotopic (exact) mass is 460 g/mol. The zero-order valence-electron chi connectivity index (χ0n) is 19.9. The van der Waals surface area contributed by atoms with Crippen LogP contribution in [0.5, 0.6) is 0 Å². The van der Waals surface area contributed by atoms with Crippen LogP contribution in [-0.4, -0.2) is 32.1 Å². The standard InChI is InChI=1S/C29H32O5/c1-29(31,27-17-15-25(16-18-27)28(30)33-3)19-26(24-7-5-4-6-8-24)14-13-22-9-11-23(12-10-22)20-34-21-32-2/h4-18,26,31H,19-21H2,1-3H3/b14-13+/t26-,29+/m1/s1. The lowest BCUT2D eigenvalue weighted by Crippen LogP contribution is -2.24. The summed E-state index contributed by atoms with van der Waals surface area (Å²) in [6.07, 6.45) is 4.69. The maximum atomic E-state index is 11.7. The number of rotatable bonds is 11. The van der Waals surface area contributed by atoms with E-state index in [2.05, 4.69) is 24.3 Å².